The van der Waals surface area contributed by atoms with Crippen LogP contribution in [0.2, 0.25) is 0 Å². The van der Waals surface area contributed by atoms with Gasteiger partial charge in [0.15, 0.2) is 0 Å². The second-order valence-electron chi connectivity index (χ2n) is 8.27. The van der Waals surface area contributed by atoms with Gasteiger partial charge in [-0.05, 0) is 62.9 Å². The first-order valence-corrected chi connectivity index (χ1v) is 15.2. The van der Waals surface area contributed by atoms with E-state index in [0.717, 1.165) is 47.4 Å². The molecule has 0 radical (unpaired) electrons. The molecular formula is C27H37N4O5PS. The lowest BCUT2D eigenvalue weighted by Gasteiger charge is -2.28. The topological polar surface area (TPSA) is 112 Å². The van der Waals surface area contributed by atoms with Gasteiger partial charge in [0.1, 0.15) is 5.94 Å². The molecule has 9 nitrogen and oxygen atoms in total. The van der Waals surface area contributed by atoms with Crippen LogP contribution in [0.5, 0.6) is 0 Å². The smallest absolute Gasteiger partial charge is 0.333 e. The standard InChI is InChI=1S/C17H16N4O2S.C10H21O3P/c1-3-18-10-16(24-12-23-11-22)14-7-13(2)8-15(9-14)21-17-19-5-4-6-20-17;1-3-12-14(11,13-4-2)10-8-6-5-7-9-10/h1,4-11,18H,12H2,2H3,(H,19,20,21);10H,3-9H2,1-2H3/b16-10-;. The van der Waals surface area contributed by atoms with Gasteiger partial charge in [0, 0.05) is 35.2 Å². The summed E-state index contributed by atoms with van der Waals surface area (Å²) in [6.07, 6.45) is 15.8. The minimum Gasteiger partial charge on any atom is -0.456 e. The molecular weight excluding hydrogens is 523 g/mol. The molecule has 0 unspecified atom stereocenters. The van der Waals surface area contributed by atoms with E-state index in [1.165, 1.54) is 18.2 Å². The number of aryl methyl sites for hydroxylation is 1. The molecule has 11 heteroatoms. The molecule has 0 amide bonds. The van der Waals surface area contributed by atoms with Crippen molar-refractivity contribution in [3.05, 3.63) is 54.0 Å². The lowest BCUT2D eigenvalue weighted by Crippen LogP contribution is -2.16. The molecule has 0 aliphatic heterocycles. The Morgan fingerprint density at radius 3 is 2.45 bits per heavy atom. The highest BCUT2D eigenvalue weighted by Gasteiger charge is 2.35. The monoisotopic (exact) mass is 560 g/mol. The molecule has 0 bridgehead atoms. The Kier molecular flexibility index (Phi) is 14.6. The summed E-state index contributed by atoms with van der Waals surface area (Å²) in [6.45, 7) is 7.10. The predicted molar refractivity (Wildman–Crippen MR) is 154 cm³/mol. The highest BCUT2D eigenvalue weighted by Crippen LogP contribution is 2.57. The normalized spacial score (nSPS) is 14.0. The van der Waals surface area contributed by atoms with Gasteiger partial charge < -0.3 is 24.4 Å². The maximum Gasteiger partial charge on any atom is 0.333 e. The van der Waals surface area contributed by atoms with Crippen LogP contribution in [0.4, 0.5) is 11.6 Å². The number of nitrogens with zero attached hydrogens (tertiary/aromatic N) is 2. The third kappa shape index (κ3) is 10.9. The maximum atomic E-state index is 12.3. The molecule has 1 aliphatic rings. The van der Waals surface area contributed by atoms with Gasteiger partial charge in [-0.1, -0.05) is 43.5 Å². The largest absolute Gasteiger partial charge is 0.456 e. The Bertz CT molecular complexity index is 1090. The van der Waals surface area contributed by atoms with Crippen LogP contribution in [0.15, 0.2) is 42.9 Å². The van der Waals surface area contributed by atoms with Gasteiger partial charge in [0.05, 0.1) is 18.9 Å². The summed E-state index contributed by atoms with van der Waals surface area (Å²) in [5.41, 5.74) is 2.97. The van der Waals surface area contributed by atoms with Crippen molar-refractivity contribution in [2.75, 3.05) is 24.5 Å². The van der Waals surface area contributed by atoms with Crippen molar-refractivity contribution < 1.29 is 23.1 Å². The average molecular weight is 561 g/mol. The summed E-state index contributed by atoms with van der Waals surface area (Å²) in [4.78, 5) is 19.5. The highest BCUT2D eigenvalue weighted by molar-refractivity contribution is 8.08. The fraction of sp³-hybridized carbons (Fsp3) is 0.444. The molecule has 206 valence electrons. The summed E-state index contributed by atoms with van der Waals surface area (Å²) in [6, 6.07) is 10.0. The second-order valence-corrected chi connectivity index (χ2v) is 11.6. The Balaban J connectivity index is 0.000000308. The van der Waals surface area contributed by atoms with Crippen molar-refractivity contribution >= 4 is 42.4 Å². The lowest BCUT2D eigenvalue weighted by atomic mass is 10.0. The number of carbonyl (C=O) groups is 1. The summed E-state index contributed by atoms with van der Waals surface area (Å²) in [5, 5.41) is 5.87. The summed E-state index contributed by atoms with van der Waals surface area (Å²) in [7, 11) is -2.79. The fourth-order valence-electron chi connectivity index (χ4n) is 3.94. The predicted octanol–water partition coefficient (Wildman–Crippen LogP) is 6.46. The molecule has 0 spiro atoms. The molecule has 1 saturated carbocycles. The van der Waals surface area contributed by atoms with Crippen LogP contribution >= 0.6 is 19.4 Å². The number of hydrogen-bond donors (Lipinski definition) is 2. The zero-order valence-electron chi connectivity index (χ0n) is 22.2. The fourth-order valence-corrected chi connectivity index (χ4v) is 6.83. The first kappa shape index (κ1) is 31.4. The number of benzene rings is 1. The van der Waals surface area contributed by atoms with E-state index in [-0.39, 0.29) is 11.6 Å². The van der Waals surface area contributed by atoms with Crippen molar-refractivity contribution in [1.29, 1.82) is 0 Å². The average Bonchev–Trinajstić information content (AvgIpc) is 2.92. The van der Waals surface area contributed by atoms with Crippen LogP contribution in [0.1, 0.15) is 57.1 Å². The van der Waals surface area contributed by atoms with Crippen LogP contribution in [-0.2, 0) is 23.1 Å². The summed E-state index contributed by atoms with van der Waals surface area (Å²) < 4.78 is 27.8. The molecule has 1 heterocycles. The molecule has 2 N–H and O–H groups in total. The zero-order valence-corrected chi connectivity index (χ0v) is 23.9. The van der Waals surface area contributed by atoms with Crippen molar-refractivity contribution in [2.24, 2.45) is 0 Å². The van der Waals surface area contributed by atoms with E-state index in [2.05, 4.69) is 26.6 Å². The number of aromatic nitrogens is 2. The number of anilines is 2. The first-order valence-electron chi connectivity index (χ1n) is 12.6. The summed E-state index contributed by atoms with van der Waals surface area (Å²) >= 11 is 1.35. The quantitative estimate of drug-likeness (QED) is 0.0707. The number of hydrogen-bond acceptors (Lipinski definition) is 10. The molecule has 2 aromatic rings. The lowest BCUT2D eigenvalue weighted by molar-refractivity contribution is -0.126. The number of rotatable bonds is 13. The Morgan fingerprint density at radius 1 is 1.16 bits per heavy atom. The van der Waals surface area contributed by atoms with Crippen LogP contribution < -0.4 is 10.6 Å². The number of nitrogens with one attached hydrogen (secondary N) is 2. The van der Waals surface area contributed by atoms with Crippen molar-refractivity contribution in [3.8, 4) is 12.5 Å². The van der Waals surface area contributed by atoms with Gasteiger partial charge in [-0.15, -0.1) is 0 Å². The van der Waals surface area contributed by atoms with Gasteiger partial charge >= 0.3 is 7.60 Å². The molecule has 1 aromatic carbocycles. The minimum absolute atomic E-state index is 0.149. The molecule has 1 aromatic heterocycles. The summed E-state index contributed by atoms with van der Waals surface area (Å²) in [5.74, 6) is 0.707. The van der Waals surface area contributed by atoms with E-state index in [0.29, 0.717) is 25.6 Å². The molecule has 1 aliphatic carbocycles. The maximum absolute atomic E-state index is 12.3. The van der Waals surface area contributed by atoms with Crippen LogP contribution in [0, 0.1) is 19.4 Å². The van der Waals surface area contributed by atoms with E-state index in [1.54, 1.807) is 24.7 Å². The van der Waals surface area contributed by atoms with Crippen LogP contribution in [-0.4, -0.2) is 41.3 Å². The van der Waals surface area contributed by atoms with Crippen molar-refractivity contribution in [3.63, 3.8) is 0 Å². The Labute approximate surface area is 230 Å². The molecule has 0 atom stereocenters. The van der Waals surface area contributed by atoms with E-state index in [9.17, 15) is 9.36 Å². The number of ether oxygens (including phenoxy) is 1. The number of terminal acetylenes is 1. The van der Waals surface area contributed by atoms with Gasteiger partial charge in [0.25, 0.3) is 6.47 Å². The Hall–Kier alpha value is -2.83. The third-order valence-corrected chi connectivity index (χ3v) is 9.03. The number of carbonyl (C=O) groups excluding carboxylic acids is 1. The first-order chi connectivity index (χ1) is 18.5. The van der Waals surface area contributed by atoms with E-state index in [4.69, 9.17) is 20.2 Å². The Morgan fingerprint density at radius 2 is 1.84 bits per heavy atom. The van der Waals surface area contributed by atoms with Gasteiger partial charge in [-0.3, -0.25) is 9.36 Å². The minimum atomic E-state index is -2.79. The van der Waals surface area contributed by atoms with E-state index < -0.39 is 7.60 Å². The van der Waals surface area contributed by atoms with Gasteiger partial charge in [0.2, 0.25) is 5.95 Å². The number of thioether (sulfide) groups is 1. The van der Waals surface area contributed by atoms with Gasteiger partial charge in [-0.2, -0.15) is 0 Å². The third-order valence-electron chi connectivity index (χ3n) is 5.46. The van der Waals surface area contributed by atoms with E-state index >= 15 is 0 Å². The van der Waals surface area contributed by atoms with Gasteiger partial charge in [-0.25, -0.2) is 9.97 Å². The molecule has 3 rings (SSSR count). The van der Waals surface area contributed by atoms with E-state index in [1.807, 2.05) is 39.0 Å². The van der Waals surface area contributed by atoms with Crippen molar-refractivity contribution in [2.45, 2.75) is 58.5 Å². The second kappa shape index (κ2) is 17.6. The molecule has 38 heavy (non-hydrogen) atoms. The molecule has 0 saturated heterocycles. The van der Waals surface area contributed by atoms with Crippen molar-refractivity contribution in [1.82, 2.24) is 15.3 Å². The molecule has 1 fully saturated rings. The van der Waals surface area contributed by atoms with Crippen LogP contribution in [0.3, 0.4) is 0 Å². The van der Waals surface area contributed by atoms with Crippen LogP contribution in [0.25, 0.3) is 4.91 Å². The SMILES string of the molecule is C#CN/C=C(\SCOC=O)c1cc(C)cc(Nc2ncccn2)c1.CCOP(=O)(OCC)C1CCCCC1. The zero-order chi connectivity index (χ0) is 27.6. The highest BCUT2D eigenvalue weighted by atomic mass is 32.2.